The van der Waals surface area contributed by atoms with E-state index in [2.05, 4.69) is 41.0 Å². The van der Waals surface area contributed by atoms with Crippen LogP contribution in [0.5, 0.6) is 5.75 Å². The molecule has 0 spiro atoms. The van der Waals surface area contributed by atoms with E-state index in [1.807, 2.05) is 29.2 Å². The molecule has 1 aliphatic heterocycles. The van der Waals surface area contributed by atoms with Crippen molar-refractivity contribution in [2.24, 2.45) is 0 Å². The highest BCUT2D eigenvalue weighted by Gasteiger charge is 2.32. The summed E-state index contributed by atoms with van der Waals surface area (Å²) in [5, 5.41) is 3.45. The van der Waals surface area contributed by atoms with Crippen LogP contribution in [0, 0.1) is 0 Å². The van der Waals surface area contributed by atoms with Gasteiger partial charge in [0.05, 0.1) is 13.0 Å². The number of hydrogen-bond donors (Lipinski definition) is 1. The second-order valence-corrected chi connectivity index (χ2v) is 9.20. The van der Waals surface area contributed by atoms with Crippen LogP contribution in [0.25, 0.3) is 0 Å². The molecule has 2 aliphatic rings. The fraction of sp³-hybridized carbons (Fsp3) is 0.560. The Hall–Kier alpha value is -2.67. The quantitative estimate of drug-likeness (QED) is 0.718. The van der Waals surface area contributed by atoms with Gasteiger partial charge in [-0.15, -0.1) is 0 Å². The number of benzene rings is 1. The molecular weight excluding hydrogens is 402 g/mol. The van der Waals surface area contributed by atoms with Crippen LogP contribution in [0.1, 0.15) is 55.8 Å². The average molecular weight is 438 g/mol. The van der Waals surface area contributed by atoms with E-state index in [1.165, 1.54) is 11.3 Å². The standard InChI is InChI=1S/C25H35N5O2/c1-17(2)26-15-21(19-6-8-20(32-4)9-7-19)25(31)30-13-11-29(12-14-30)24-23-18(3)5-10-22(23)27-16-28-24/h6-9,16-18,21,26H,5,10-15H2,1-4H3/t18-,21-/m1/s1. The van der Waals surface area contributed by atoms with Gasteiger partial charge in [-0.3, -0.25) is 4.79 Å². The summed E-state index contributed by atoms with van der Waals surface area (Å²) >= 11 is 0. The summed E-state index contributed by atoms with van der Waals surface area (Å²) in [7, 11) is 1.66. The fourth-order valence-corrected chi connectivity index (χ4v) is 4.77. The molecular formula is C25H35N5O2. The minimum atomic E-state index is -0.210. The number of ether oxygens (including phenoxy) is 1. The third-order valence-corrected chi connectivity index (χ3v) is 6.69. The summed E-state index contributed by atoms with van der Waals surface area (Å²) in [4.78, 5) is 27.0. The Morgan fingerprint density at radius 3 is 2.53 bits per heavy atom. The molecule has 1 amide bonds. The number of carbonyl (C=O) groups excluding carboxylic acids is 1. The molecule has 1 N–H and O–H groups in total. The Bertz CT molecular complexity index is 922. The van der Waals surface area contributed by atoms with Crippen molar-refractivity contribution in [3.63, 3.8) is 0 Å². The van der Waals surface area contributed by atoms with Gasteiger partial charge >= 0.3 is 0 Å². The van der Waals surface area contributed by atoms with Gasteiger partial charge in [0.15, 0.2) is 0 Å². The first-order valence-corrected chi connectivity index (χ1v) is 11.7. The molecule has 0 unspecified atom stereocenters. The van der Waals surface area contributed by atoms with Gasteiger partial charge in [0.25, 0.3) is 0 Å². The summed E-state index contributed by atoms with van der Waals surface area (Å²) < 4.78 is 5.29. The van der Waals surface area contributed by atoms with Gasteiger partial charge in [-0.05, 0) is 36.5 Å². The maximum atomic E-state index is 13.6. The molecule has 1 aromatic heterocycles. The fourth-order valence-electron chi connectivity index (χ4n) is 4.77. The average Bonchev–Trinajstić information content (AvgIpc) is 3.20. The second kappa shape index (κ2) is 9.86. The smallest absolute Gasteiger partial charge is 0.231 e. The lowest BCUT2D eigenvalue weighted by atomic mass is 9.96. The Morgan fingerprint density at radius 2 is 1.88 bits per heavy atom. The molecule has 32 heavy (non-hydrogen) atoms. The first-order chi connectivity index (χ1) is 15.5. The number of nitrogens with zero attached hydrogens (tertiary/aromatic N) is 4. The zero-order valence-corrected chi connectivity index (χ0v) is 19.7. The predicted molar refractivity (Wildman–Crippen MR) is 126 cm³/mol. The van der Waals surface area contributed by atoms with Crippen LogP contribution in [0.2, 0.25) is 0 Å². The van der Waals surface area contributed by atoms with Crippen LogP contribution < -0.4 is 15.0 Å². The van der Waals surface area contributed by atoms with Gasteiger partial charge in [-0.25, -0.2) is 9.97 Å². The lowest BCUT2D eigenvalue weighted by Gasteiger charge is -2.38. The SMILES string of the molecule is COc1ccc([C@@H](CNC(C)C)C(=O)N2CCN(c3ncnc4c3[C@H](C)CC4)CC2)cc1. The minimum Gasteiger partial charge on any atom is -0.497 e. The van der Waals surface area contributed by atoms with Crippen molar-refractivity contribution in [3.8, 4) is 5.75 Å². The number of amides is 1. The first kappa shape index (κ1) is 22.5. The third kappa shape index (κ3) is 4.72. The summed E-state index contributed by atoms with van der Waals surface area (Å²) in [5.41, 5.74) is 3.53. The molecule has 0 radical (unpaired) electrons. The van der Waals surface area contributed by atoms with Crippen molar-refractivity contribution in [2.45, 2.75) is 51.5 Å². The highest BCUT2D eigenvalue weighted by molar-refractivity contribution is 5.84. The topological polar surface area (TPSA) is 70.6 Å². The van der Waals surface area contributed by atoms with Crippen LogP contribution in [-0.2, 0) is 11.2 Å². The predicted octanol–water partition coefficient (Wildman–Crippen LogP) is 2.97. The number of hydrogen-bond acceptors (Lipinski definition) is 6. The van der Waals surface area contributed by atoms with Crippen molar-refractivity contribution in [3.05, 3.63) is 47.4 Å². The normalized spacial score (nSPS) is 19.2. The molecule has 1 fully saturated rings. The summed E-state index contributed by atoms with van der Waals surface area (Å²) in [6.45, 7) is 10.1. The summed E-state index contributed by atoms with van der Waals surface area (Å²) in [6, 6.07) is 8.19. The number of anilines is 1. The monoisotopic (exact) mass is 437 g/mol. The van der Waals surface area contributed by atoms with E-state index in [0.29, 0.717) is 31.6 Å². The summed E-state index contributed by atoms with van der Waals surface area (Å²) in [5.74, 6) is 2.35. The third-order valence-electron chi connectivity index (χ3n) is 6.69. The maximum Gasteiger partial charge on any atom is 0.231 e. The molecule has 0 bridgehead atoms. The highest BCUT2D eigenvalue weighted by Crippen LogP contribution is 2.37. The van der Waals surface area contributed by atoms with Crippen LogP contribution in [0.15, 0.2) is 30.6 Å². The number of nitrogens with one attached hydrogen (secondary N) is 1. The van der Waals surface area contributed by atoms with E-state index in [4.69, 9.17) is 4.74 Å². The second-order valence-electron chi connectivity index (χ2n) is 9.20. The van der Waals surface area contributed by atoms with Crippen molar-refractivity contribution in [1.29, 1.82) is 0 Å². The molecule has 7 nitrogen and oxygen atoms in total. The van der Waals surface area contributed by atoms with Crippen LogP contribution in [0.3, 0.4) is 0 Å². The molecule has 0 saturated carbocycles. The van der Waals surface area contributed by atoms with E-state index in [9.17, 15) is 4.79 Å². The Kier molecular flexibility index (Phi) is 6.94. The maximum absolute atomic E-state index is 13.6. The lowest BCUT2D eigenvalue weighted by molar-refractivity contribution is -0.133. The number of aryl methyl sites for hydroxylation is 1. The lowest BCUT2D eigenvalue weighted by Crippen LogP contribution is -2.51. The Balaban J connectivity index is 1.46. The molecule has 2 atom stereocenters. The molecule has 1 aromatic carbocycles. The molecule has 4 rings (SSSR count). The van der Waals surface area contributed by atoms with E-state index in [-0.39, 0.29) is 11.8 Å². The van der Waals surface area contributed by atoms with Crippen molar-refractivity contribution >= 4 is 11.7 Å². The Morgan fingerprint density at radius 1 is 1.16 bits per heavy atom. The summed E-state index contributed by atoms with van der Waals surface area (Å²) in [6.07, 6.45) is 3.88. The molecule has 2 aromatic rings. The molecule has 2 heterocycles. The van der Waals surface area contributed by atoms with Gasteiger partial charge in [-0.1, -0.05) is 32.9 Å². The molecule has 1 aliphatic carbocycles. The van der Waals surface area contributed by atoms with Gasteiger partial charge in [0, 0.05) is 50.0 Å². The van der Waals surface area contributed by atoms with Crippen LogP contribution in [0.4, 0.5) is 5.82 Å². The van der Waals surface area contributed by atoms with Gasteiger partial charge in [-0.2, -0.15) is 0 Å². The molecule has 172 valence electrons. The number of fused-ring (bicyclic) bond motifs is 1. The van der Waals surface area contributed by atoms with E-state index < -0.39 is 0 Å². The van der Waals surface area contributed by atoms with Gasteiger partial charge < -0.3 is 19.9 Å². The largest absolute Gasteiger partial charge is 0.497 e. The highest BCUT2D eigenvalue weighted by atomic mass is 16.5. The molecule has 1 saturated heterocycles. The van der Waals surface area contributed by atoms with Crippen molar-refractivity contribution in [2.75, 3.05) is 44.7 Å². The molecule has 7 heteroatoms. The number of carbonyl (C=O) groups is 1. The van der Waals surface area contributed by atoms with Crippen molar-refractivity contribution in [1.82, 2.24) is 20.2 Å². The minimum absolute atomic E-state index is 0.184. The first-order valence-electron chi connectivity index (χ1n) is 11.7. The van der Waals surface area contributed by atoms with E-state index in [1.54, 1.807) is 13.4 Å². The number of piperazine rings is 1. The van der Waals surface area contributed by atoms with Gasteiger partial charge in [0.1, 0.15) is 17.9 Å². The van der Waals surface area contributed by atoms with Gasteiger partial charge in [0.2, 0.25) is 5.91 Å². The number of rotatable bonds is 7. The number of methoxy groups -OCH3 is 1. The zero-order chi connectivity index (χ0) is 22.7. The van der Waals surface area contributed by atoms with E-state index >= 15 is 0 Å². The zero-order valence-electron chi connectivity index (χ0n) is 19.7. The van der Waals surface area contributed by atoms with Crippen molar-refractivity contribution < 1.29 is 9.53 Å². The van der Waals surface area contributed by atoms with E-state index in [0.717, 1.165) is 43.1 Å². The van der Waals surface area contributed by atoms with Crippen LogP contribution >= 0.6 is 0 Å². The van der Waals surface area contributed by atoms with Crippen LogP contribution in [-0.4, -0.2) is 66.7 Å². The number of aromatic nitrogens is 2. The Labute approximate surface area is 191 Å².